The lowest BCUT2D eigenvalue weighted by molar-refractivity contribution is -0.134. The minimum atomic E-state index is -0.118. The third kappa shape index (κ3) is 3.30. The molecular weight excluding hydrogens is 302 g/mol. The van der Waals surface area contributed by atoms with Crippen LogP contribution in [0.5, 0.6) is 0 Å². The fourth-order valence-electron chi connectivity index (χ4n) is 3.18. The molecule has 0 radical (unpaired) electrons. The van der Waals surface area contributed by atoms with Gasteiger partial charge in [-0.15, -0.1) is 0 Å². The van der Waals surface area contributed by atoms with Crippen molar-refractivity contribution in [3.63, 3.8) is 0 Å². The largest absolute Gasteiger partial charge is 0.329 e. The van der Waals surface area contributed by atoms with Gasteiger partial charge in [0.2, 0.25) is 11.8 Å². The summed E-state index contributed by atoms with van der Waals surface area (Å²) in [5.41, 5.74) is 3.05. The number of rotatable bonds is 4. The molecule has 0 N–H and O–H groups in total. The van der Waals surface area contributed by atoms with Crippen LogP contribution in [0.25, 0.3) is 0 Å². The van der Waals surface area contributed by atoms with Gasteiger partial charge >= 0.3 is 0 Å². The third-order valence-corrected chi connectivity index (χ3v) is 4.34. The summed E-state index contributed by atoms with van der Waals surface area (Å²) in [6.07, 6.45) is 4.26. The van der Waals surface area contributed by atoms with Crippen LogP contribution >= 0.6 is 0 Å². The van der Waals surface area contributed by atoms with Crippen molar-refractivity contribution < 1.29 is 9.59 Å². The molecule has 124 valence electrons. The van der Waals surface area contributed by atoms with Gasteiger partial charge in [-0.3, -0.25) is 14.6 Å². The first-order valence-corrected chi connectivity index (χ1v) is 8.10. The zero-order valence-corrected chi connectivity index (χ0v) is 14.0. The number of hydrogen-bond acceptors (Lipinski definition) is 3. The zero-order chi connectivity index (χ0) is 17.1. The van der Waals surface area contributed by atoms with Gasteiger partial charge < -0.3 is 9.80 Å². The van der Waals surface area contributed by atoms with Crippen molar-refractivity contribution in [3.8, 4) is 0 Å². The number of carbonyl (C=O) groups excluding carboxylic acids is 2. The zero-order valence-electron chi connectivity index (χ0n) is 14.0. The van der Waals surface area contributed by atoms with Crippen LogP contribution in [0.15, 0.2) is 48.8 Å². The number of fused-ring (bicyclic) bond motifs is 1. The van der Waals surface area contributed by atoms with E-state index in [4.69, 9.17) is 0 Å². The van der Waals surface area contributed by atoms with Crippen molar-refractivity contribution in [3.05, 3.63) is 59.9 Å². The molecule has 2 aromatic rings. The Morgan fingerprint density at radius 1 is 1.25 bits per heavy atom. The highest BCUT2D eigenvalue weighted by Gasteiger charge is 2.31. The van der Waals surface area contributed by atoms with E-state index in [1.54, 1.807) is 17.3 Å². The van der Waals surface area contributed by atoms with Crippen molar-refractivity contribution in [2.24, 2.45) is 0 Å². The van der Waals surface area contributed by atoms with Gasteiger partial charge in [0.1, 0.15) is 6.54 Å². The molecule has 1 unspecified atom stereocenters. The number of nitrogens with zero attached hydrogens (tertiary/aromatic N) is 3. The molecule has 1 aliphatic heterocycles. The summed E-state index contributed by atoms with van der Waals surface area (Å²) < 4.78 is 0. The fourth-order valence-corrected chi connectivity index (χ4v) is 3.18. The van der Waals surface area contributed by atoms with Crippen LogP contribution in [0.3, 0.4) is 0 Å². The Morgan fingerprint density at radius 2 is 2.04 bits per heavy atom. The van der Waals surface area contributed by atoms with Crippen molar-refractivity contribution in [2.45, 2.75) is 32.9 Å². The molecule has 0 fully saturated rings. The summed E-state index contributed by atoms with van der Waals surface area (Å²) in [4.78, 5) is 32.2. The molecule has 3 rings (SSSR count). The van der Waals surface area contributed by atoms with E-state index in [-0.39, 0.29) is 24.4 Å². The Kier molecular flexibility index (Phi) is 4.60. The minimum absolute atomic E-state index is 0.0495. The molecule has 0 saturated heterocycles. The fraction of sp³-hybridized carbons (Fsp3) is 0.316. The molecule has 1 aromatic heterocycles. The van der Waals surface area contributed by atoms with E-state index in [1.165, 1.54) is 12.5 Å². The smallest absolute Gasteiger partial charge is 0.246 e. The second-order valence-electron chi connectivity index (χ2n) is 6.18. The van der Waals surface area contributed by atoms with Gasteiger partial charge in [0, 0.05) is 37.6 Å². The predicted molar refractivity (Wildman–Crippen MR) is 92.4 cm³/mol. The summed E-state index contributed by atoms with van der Waals surface area (Å²) in [6.45, 7) is 3.99. The Hall–Kier alpha value is -2.69. The lowest BCUT2D eigenvalue weighted by atomic mass is 10.1. The SMILES string of the molecule is CC(=O)N(CC(=O)N1c2ccccc2CC1C)Cc1cccnc1. The Morgan fingerprint density at radius 3 is 2.75 bits per heavy atom. The van der Waals surface area contributed by atoms with Crippen molar-refractivity contribution in [2.75, 3.05) is 11.4 Å². The Balaban J connectivity index is 1.76. The molecule has 1 aromatic carbocycles. The lowest BCUT2D eigenvalue weighted by Gasteiger charge is -2.27. The van der Waals surface area contributed by atoms with Crippen LogP contribution in [0.1, 0.15) is 25.0 Å². The van der Waals surface area contributed by atoms with Gasteiger partial charge in [0.15, 0.2) is 0 Å². The van der Waals surface area contributed by atoms with Gasteiger partial charge in [-0.05, 0) is 36.6 Å². The average Bonchev–Trinajstić information content (AvgIpc) is 2.90. The summed E-state index contributed by atoms with van der Waals surface area (Å²) in [5, 5.41) is 0. The summed E-state index contributed by atoms with van der Waals surface area (Å²) in [6, 6.07) is 11.8. The quantitative estimate of drug-likeness (QED) is 0.868. The number of pyridine rings is 1. The maximum absolute atomic E-state index is 12.8. The number of para-hydroxylation sites is 1. The molecule has 24 heavy (non-hydrogen) atoms. The monoisotopic (exact) mass is 323 g/mol. The molecule has 5 nitrogen and oxygen atoms in total. The summed E-state index contributed by atoms with van der Waals surface area (Å²) in [5.74, 6) is -0.168. The molecule has 5 heteroatoms. The molecule has 1 atom stereocenters. The maximum Gasteiger partial charge on any atom is 0.246 e. The first kappa shape index (κ1) is 16.2. The Bertz CT molecular complexity index is 745. The normalized spacial score (nSPS) is 15.9. The average molecular weight is 323 g/mol. The molecule has 2 heterocycles. The van der Waals surface area contributed by atoms with Crippen LogP contribution in [0.2, 0.25) is 0 Å². The van der Waals surface area contributed by atoms with Crippen LogP contribution in [-0.2, 0) is 22.6 Å². The van der Waals surface area contributed by atoms with Crippen LogP contribution in [-0.4, -0.2) is 34.3 Å². The lowest BCUT2D eigenvalue weighted by Crippen LogP contribution is -2.44. The topological polar surface area (TPSA) is 53.5 Å². The van der Waals surface area contributed by atoms with Crippen molar-refractivity contribution in [1.29, 1.82) is 0 Å². The molecule has 2 amide bonds. The van der Waals surface area contributed by atoms with Crippen molar-refractivity contribution >= 4 is 17.5 Å². The van der Waals surface area contributed by atoms with E-state index < -0.39 is 0 Å². The van der Waals surface area contributed by atoms with Gasteiger partial charge in [-0.1, -0.05) is 24.3 Å². The van der Waals surface area contributed by atoms with E-state index >= 15 is 0 Å². The number of benzene rings is 1. The highest BCUT2D eigenvalue weighted by molar-refractivity contribution is 5.98. The number of hydrogen-bond donors (Lipinski definition) is 0. The third-order valence-electron chi connectivity index (χ3n) is 4.34. The van der Waals surface area contributed by atoms with E-state index in [2.05, 4.69) is 11.1 Å². The molecule has 0 aliphatic carbocycles. The van der Waals surface area contributed by atoms with Crippen LogP contribution in [0.4, 0.5) is 5.69 Å². The van der Waals surface area contributed by atoms with Gasteiger partial charge in [-0.25, -0.2) is 0 Å². The van der Waals surface area contributed by atoms with Crippen LogP contribution < -0.4 is 4.90 Å². The summed E-state index contributed by atoms with van der Waals surface area (Å²) >= 11 is 0. The number of carbonyl (C=O) groups is 2. The highest BCUT2D eigenvalue weighted by Crippen LogP contribution is 2.31. The number of anilines is 1. The molecular formula is C19H21N3O2. The Labute approximate surface area is 141 Å². The first-order valence-electron chi connectivity index (χ1n) is 8.10. The second-order valence-corrected chi connectivity index (χ2v) is 6.18. The van der Waals surface area contributed by atoms with E-state index in [9.17, 15) is 9.59 Å². The predicted octanol–water partition coefficient (Wildman–Crippen LogP) is 2.41. The van der Waals surface area contributed by atoms with Gasteiger partial charge in [0.05, 0.1) is 0 Å². The highest BCUT2D eigenvalue weighted by atomic mass is 16.2. The number of aromatic nitrogens is 1. The number of amides is 2. The minimum Gasteiger partial charge on any atom is -0.329 e. The van der Waals surface area contributed by atoms with Gasteiger partial charge in [0.25, 0.3) is 0 Å². The van der Waals surface area contributed by atoms with E-state index in [0.29, 0.717) is 6.54 Å². The standard InChI is InChI=1S/C19H21N3O2/c1-14-10-17-7-3-4-8-18(17)22(14)19(24)13-21(15(2)23)12-16-6-5-9-20-11-16/h3-9,11,14H,10,12-13H2,1-2H3. The molecule has 0 saturated carbocycles. The molecule has 0 spiro atoms. The van der Waals surface area contributed by atoms with E-state index in [1.807, 2.05) is 42.2 Å². The second kappa shape index (κ2) is 6.83. The first-order chi connectivity index (χ1) is 11.6. The van der Waals surface area contributed by atoms with Crippen molar-refractivity contribution in [1.82, 2.24) is 9.88 Å². The summed E-state index contributed by atoms with van der Waals surface area (Å²) in [7, 11) is 0. The van der Waals surface area contributed by atoms with Crippen LogP contribution in [0, 0.1) is 0 Å². The van der Waals surface area contributed by atoms with Gasteiger partial charge in [-0.2, -0.15) is 0 Å². The van der Waals surface area contributed by atoms with E-state index in [0.717, 1.165) is 17.7 Å². The maximum atomic E-state index is 12.8. The molecule has 0 bridgehead atoms. The molecule has 1 aliphatic rings.